The Kier molecular flexibility index (Phi) is 4.67. The van der Waals surface area contributed by atoms with Crippen LogP contribution in [0.4, 0.5) is 13.2 Å². The Bertz CT molecular complexity index is 959. The molecule has 1 N–H and O–H groups in total. The van der Waals surface area contributed by atoms with Gasteiger partial charge in [0.05, 0.1) is 23.8 Å². The molecule has 9 heteroatoms. The van der Waals surface area contributed by atoms with Gasteiger partial charge in [-0.15, -0.1) is 0 Å². The van der Waals surface area contributed by atoms with Gasteiger partial charge in [-0.05, 0) is 34.1 Å². The van der Waals surface area contributed by atoms with Crippen LogP contribution in [0.2, 0.25) is 0 Å². The van der Waals surface area contributed by atoms with E-state index in [0.717, 1.165) is 0 Å². The van der Waals surface area contributed by atoms with Crippen LogP contribution >= 0.6 is 15.9 Å². The summed E-state index contributed by atoms with van der Waals surface area (Å²) in [5, 5.41) is 13.6. The maximum Gasteiger partial charge on any atom is 0.387 e. The Balaban J connectivity index is 2.01. The van der Waals surface area contributed by atoms with Gasteiger partial charge >= 0.3 is 12.6 Å². The third kappa shape index (κ3) is 3.46. The van der Waals surface area contributed by atoms with Crippen LogP contribution in [0.1, 0.15) is 15.9 Å². The van der Waals surface area contributed by atoms with Gasteiger partial charge in [-0.3, -0.25) is 4.68 Å². The van der Waals surface area contributed by atoms with Crippen molar-refractivity contribution in [1.29, 1.82) is 0 Å². The first-order chi connectivity index (χ1) is 11.9. The van der Waals surface area contributed by atoms with Crippen molar-refractivity contribution >= 4 is 32.8 Å². The van der Waals surface area contributed by atoms with Crippen molar-refractivity contribution in [2.24, 2.45) is 0 Å². The number of nitrogens with zero attached hydrogens (tertiary/aromatic N) is 2. The second-order valence-electron chi connectivity index (χ2n) is 5.11. The molecule has 0 atom stereocenters. The largest absolute Gasteiger partial charge is 0.478 e. The van der Waals surface area contributed by atoms with Crippen molar-refractivity contribution in [1.82, 2.24) is 9.78 Å². The van der Waals surface area contributed by atoms with Gasteiger partial charge in [-0.2, -0.15) is 13.9 Å². The van der Waals surface area contributed by atoms with Crippen LogP contribution in [0, 0.1) is 5.82 Å². The van der Waals surface area contributed by atoms with Crippen molar-refractivity contribution in [2.75, 3.05) is 0 Å². The molecule has 130 valence electrons. The number of alkyl halides is 2. The molecule has 1 heterocycles. The lowest BCUT2D eigenvalue weighted by Gasteiger charge is -2.09. The fourth-order valence-corrected chi connectivity index (χ4v) is 3.13. The van der Waals surface area contributed by atoms with Crippen molar-refractivity contribution in [3.8, 4) is 5.75 Å². The van der Waals surface area contributed by atoms with E-state index in [1.807, 2.05) is 0 Å². The van der Waals surface area contributed by atoms with Crippen LogP contribution in [0.15, 0.2) is 41.0 Å². The van der Waals surface area contributed by atoms with Crippen LogP contribution in [0.5, 0.6) is 5.75 Å². The highest BCUT2D eigenvalue weighted by Gasteiger charge is 2.16. The third-order valence-corrected chi connectivity index (χ3v) is 4.12. The predicted octanol–water partition coefficient (Wildman–Crippen LogP) is 4.29. The highest BCUT2D eigenvalue weighted by Crippen LogP contribution is 2.31. The number of aromatic carboxylic acids is 1. The number of aromatic nitrogens is 2. The monoisotopic (exact) mass is 414 g/mol. The highest BCUT2D eigenvalue weighted by molar-refractivity contribution is 9.10. The quantitative estimate of drug-likeness (QED) is 0.676. The lowest BCUT2D eigenvalue weighted by molar-refractivity contribution is -0.0497. The molecule has 3 rings (SSSR count). The third-order valence-electron chi connectivity index (χ3n) is 3.52. The number of hydrogen-bond donors (Lipinski definition) is 1. The smallest absolute Gasteiger partial charge is 0.387 e. The van der Waals surface area contributed by atoms with Crippen molar-refractivity contribution in [3.05, 3.63) is 57.9 Å². The minimum atomic E-state index is -2.95. The van der Waals surface area contributed by atoms with Gasteiger partial charge in [0.1, 0.15) is 11.6 Å². The Hall–Kier alpha value is -2.55. The van der Waals surface area contributed by atoms with Gasteiger partial charge in [0.15, 0.2) is 0 Å². The number of halogens is 4. The molecule has 0 unspecified atom stereocenters. The maximum absolute atomic E-state index is 14.3. The number of carbonyl (C=O) groups is 1. The highest BCUT2D eigenvalue weighted by atomic mass is 79.9. The first-order valence-electron chi connectivity index (χ1n) is 6.97. The fraction of sp³-hybridized carbons (Fsp3) is 0.125. The minimum absolute atomic E-state index is 0.0237. The number of hydrogen-bond acceptors (Lipinski definition) is 3. The fourth-order valence-electron chi connectivity index (χ4n) is 2.47. The molecule has 1 aromatic heterocycles. The molecule has 0 amide bonds. The number of carboxylic acid groups (broad SMARTS) is 1. The maximum atomic E-state index is 14.3. The molecule has 2 aromatic carbocycles. The molecule has 25 heavy (non-hydrogen) atoms. The van der Waals surface area contributed by atoms with Crippen molar-refractivity contribution in [2.45, 2.75) is 13.2 Å². The van der Waals surface area contributed by atoms with E-state index >= 15 is 0 Å². The summed E-state index contributed by atoms with van der Waals surface area (Å²) in [4.78, 5) is 11.0. The summed E-state index contributed by atoms with van der Waals surface area (Å²) in [7, 11) is 0. The summed E-state index contributed by atoms with van der Waals surface area (Å²) < 4.78 is 45.2. The molecule has 0 radical (unpaired) electrons. The second-order valence-corrected chi connectivity index (χ2v) is 5.96. The molecule has 0 bridgehead atoms. The number of benzene rings is 2. The van der Waals surface area contributed by atoms with E-state index in [1.165, 1.54) is 41.2 Å². The van der Waals surface area contributed by atoms with E-state index in [2.05, 4.69) is 25.8 Å². The van der Waals surface area contributed by atoms with Gasteiger partial charge < -0.3 is 9.84 Å². The lowest BCUT2D eigenvalue weighted by Crippen LogP contribution is -2.08. The first-order valence-corrected chi connectivity index (χ1v) is 7.76. The van der Waals surface area contributed by atoms with Gasteiger partial charge in [-0.1, -0.05) is 12.1 Å². The Labute approximate surface area is 147 Å². The predicted molar refractivity (Wildman–Crippen MR) is 86.5 cm³/mol. The topological polar surface area (TPSA) is 64.3 Å². The summed E-state index contributed by atoms with van der Waals surface area (Å²) in [5.41, 5.74) is 0.257. The average molecular weight is 415 g/mol. The SMILES string of the molecule is O=C(O)c1cccc(Cn2ncc3cc(OC(F)F)cc(Br)c32)c1F. The average Bonchev–Trinajstić information content (AvgIpc) is 2.91. The molecule has 3 aromatic rings. The number of carboxylic acids is 1. The summed E-state index contributed by atoms with van der Waals surface area (Å²) in [6.45, 7) is -2.98. The van der Waals surface area contributed by atoms with Crippen LogP contribution < -0.4 is 4.74 Å². The summed E-state index contributed by atoms with van der Waals surface area (Å²) in [6, 6.07) is 6.82. The zero-order chi connectivity index (χ0) is 18.1. The van der Waals surface area contributed by atoms with E-state index in [9.17, 15) is 18.0 Å². The van der Waals surface area contributed by atoms with E-state index < -0.39 is 24.0 Å². The standard InChI is InChI=1S/C16H10BrF3N2O3/c17-12-5-10(25-16(19)20)4-9-6-21-22(14(9)12)7-8-2-1-3-11(13(8)18)15(23)24/h1-6,16H,7H2,(H,23,24). The Morgan fingerprint density at radius 3 is 2.80 bits per heavy atom. The number of ether oxygens (including phenoxy) is 1. The van der Waals surface area contributed by atoms with Gasteiger partial charge in [0.2, 0.25) is 0 Å². The molecule has 5 nitrogen and oxygen atoms in total. The van der Waals surface area contributed by atoms with E-state index in [1.54, 1.807) is 0 Å². The lowest BCUT2D eigenvalue weighted by atomic mass is 10.1. The van der Waals surface area contributed by atoms with Gasteiger partial charge in [0.25, 0.3) is 0 Å². The molecule has 0 fully saturated rings. The zero-order valence-electron chi connectivity index (χ0n) is 12.4. The molecular weight excluding hydrogens is 405 g/mol. The summed E-state index contributed by atoms with van der Waals surface area (Å²) in [6.07, 6.45) is 1.43. The second kappa shape index (κ2) is 6.75. The van der Waals surface area contributed by atoms with Crippen LogP contribution in [-0.4, -0.2) is 27.5 Å². The molecule has 0 aliphatic rings. The van der Waals surface area contributed by atoms with Crippen LogP contribution in [0.25, 0.3) is 10.9 Å². The molecule has 0 spiro atoms. The van der Waals surface area contributed by atoms with Crippen LogP contribution in [0.3, 0.4) is 0 Å². The van der Waals surface area contributed by atoms with E-state index in [-0.39, 0.29) is 17.9 Å². The van der Waals surface area contributed by atoms with Crippen molar-refractivity contribution in [3.63, 3.8) is 0 Å². The number of rotatable bonds is 5. The molecule has 0 aliphatic heterocycles. The summed E-state index contributed by atoms with van der Waals surface area (Å²) >= 11 is 3.26. The molecule has 0 saturated heterocycles. The van der Waals surface area contributed by atoms with E-state index in [0.29, 0.717) is 15.4 Å². The summed E-state index contributed by atoms with van der Waals surface area (Å²) in [5.74, 6) is -2.24. The molecule has 0 saturated carbocycles. The Morgan fingerprint density at radius 2 is 2.12 bits per heavy atom. The zero-order valence-corrected chi connectivity index (χ0v) is 14.0. The first kappa shape index (κ1) is 17.3. The van der Waals surface area contributed by atoms with Gasteiger partial charge in [-0.25, -0.2) is 9.18 Å². The van der Waals surface area contributed by atoms with E-state index in [4.69, 9.17) is 5.11 Å². The van der Waals surface area contributed by atoms with Crippen molar-refractivity contribution < 1.29 is 27.8 Å². The Morgan fingerprint density at radius 1 is 1.36 bits per heavy atom. The minimum Gasteiger partial charge on any atom is -0.478 e. The number of fused-ring (bicyclic) bond motifs is 1. The van der Waals surface area contributed by atoms with Gasteiger partial charge in [0, 0.05) is 15.4 Å². The molecular formula is C16H10BrF3N2O3. The normalized spacial score (nSPS) is 11.2. The van der Waals surface area contributed by atoms with Crippen LogP contribution in [-0.2, 0) is 6.54 Å². The molecule has 0 aliphatic carbocycles.